The Labute approximate surface area is 161 Å². The maximum absolute atomic E-state index is 12.1. The molecule has 5 heteroatoms. The molecule has 0 atom stereocenters. The van der Waals surface area contributed by atoms with Gasteiger partial charge in [0.15, 0.2) is 11.5 Å². The van der Waals surface area contributed by atoms with Crippen molar-refractivity contribution in [2.24, 2.45) is 5.92 Å². The van der Waals surface area contributed by atoms with Gasteiger partial charge in [0.2, 0.25) is 5.91 Å². The fourth-order valence-corrected chi connectivity index (χ4v) is 3.24. The van der Waals surface area contributed by atoms with Crippen LogP contribution in [0.15, 0.2) is 48.5 Å². The molecule has 0 unspecified atom stereocenters. The van der Waals surface area contributed by atoms with Gasteiger partial charge >= 0.3 is 0 Å². The second kappa shape index (κ2) is 9.31. The smallest absolute Gasteiger partial charge is 0.227 e. The number of rotatable bonds is 7. The third-order valence-corrected chi connectivity index (χ3v) is 4.96. The van der Waals surface area contributed by atoms with E-state index in [0.717, 1.165) is 24.7 Å². The van der Waals surface area contributed by atoms with Crippen LogP contribution in [0.25, 0.3) is 0 Å². The third kappa shape index (κ3) is 5.39. The van der Waals surface area contributed by atoms with Gasteiger partial charge < -0.3 is 19.7 Å². The number of amides is 1. The molecule has 27 heavy (non-hydrogen) atoms. The van der Waals surface area contributed by atoms with Crippen molar-refractivity contribution in [1.82, 2.24) is 0 Å². The van der Waals surface area contributed by atoms with E-state index >= 15 is 0 Å². The number of anilines is 2. The van der Waals surface area contributed by atoms with Gasteiger partial charge in [-0.05, 0) is 55.2 Å². The normalized spacial score (nSPS) is 14.7. The van der Waals surface area contributed by atoms with Gasteiger partial charge in [-0.2, -0.15) is 0 Å². The topological polar surface area (TPSA) is 50.8 Å². The van der Waals surface area contributed by atoms with Crippen LogP contribution in [-0.4, -0.2) is 32.7 Å². The van der Waals surface area contributed by atoms with Crippen molar-refractivity contribution in [2.45, 2.75) is 26.2 Å². The molecule has 1 saturated heterocycles. The van der Waals surface area contributed by atoms with Gasteiger partial charge in [0, 0.05) is 24.5 Å². The molecule has 1 fully saturated rings. The third-order valence-electron chi connectivity index (χ3n) is 4.96. The molecular formula is C22H28N2O3. The molecule has 2 aromatic rings. The Morgan fingerprint density at radius 1 is 1.07 bits per heavy atom. The molecule has 0 bridgehead atoms. The van der Waals surface area contributed by atoms with Crippen LogP contribution in [0.3, 0.4) is 0 Å². The summed E-state index contributed by atoms with van der Waals surface area (Å²) in [5.74, 6) is 2.07. The Morgan fingerprint density at radius 2 is 1.74 bits per heavy atom. The van der Waals surface area contributed by atoms with E-state index in [1.165, 1.54) is 18.5 Å². The lowest BCUT2D eigenvalue weighted by molar-refractivity contribution is -0.116. The van der Waals surface area contributed by atoms with Crippen molar-refractivity contribution in [3.05, 3.63) is 48.5 Å². The quantitative estimate of drug-likeness (QED) is 0.790. The van der Waals surface area contributed by atoms with E-state index in [1.54, 1.807) is 7.11 Å². The van der Waals surface area contributed by atoms with Gasteiger partial charge in [0.05, 0.1) is 20.1 Å². The van der Waals surface area contributed by atoms with Crippen LogP contribution in [-0.2, 0) is 4.79 Å². The summed E-state index contributed by atoms with van der Waals surface area (Å²) in [5, 5.41) is 2.93. The Kier molecular flexibility index (Phi) is 6.58. The zero-order chi connectivity index (χ0) is 19.1. The fraction of sp³-hybridized carbons (Fsp3) is 0.409. The number of hydrogen-bond donors (Lipinski definition) is 1. The molecule has 1 heterocycles. The summed E-state index contributed by atoms with van der Waals surface area (Å²) in [6.07, 6.45) is 2.76. The number of nitrogens with zero attached hydrogens (tertiary/aromatic N) is 1. The molecule has 0 radical (unpaired) electrons. The summed E-state index contributed by atoms with van der Waals surface area (Å²) in [4.78, 5) is 14.6. The number of ether oxygens (including phenoxy) is 2. The average Bonchev–Trinajstić information content (AvgIpc) is 2.69. The number of carbonyl (C=O) groups excluding carboxylic acids is 1. The first-order valence-corrected chi connectivity index (χ1v) is 9.56. The van der Waals surface area contributed by atoms with Gasteiger partial charge in [-0.15, -0.1) is 0 Å². The Bertz CT molecular complexity index is 737. The predicted octanol–water partition coefficient (Wildman–Crippen LogP) is 4.34. The molecule has 1 aliphatic heterocycles. The number of benzene rings is 2. The highest BCUT2D eigenvalue weighted by Crippen LogP contribution is 2.26. The van der Waals surface area contributed by atoms with E-state index in [-0.39, 0.29) is 12.3 Å². The van der Waals surface area contributed by atoms with Gasteiger partial charge in [-0.1, -0.05) is 19.1 Å². The molecular weight excluding hydrogens is 340 g/mol. The summed E-state index contributed by atoms with van der Waals surface area (Å²) >= 11 is 0. The van der Waals surface area contributed by atoms with Crippen LogP contribution >= 0.6 is 0 Å². The summed E-state index contributed by atoms with van der Waals surface area (Å²) < 4.78 is 10.9. The highest BCUT2D eigenvalue weighted by Gasteiger charge is 2.16. The van der Waals surface area contributed by atoms with Crippen molar-refractivity contribution < 1.29 is 14.3 Å². The van der Waals surface area contributed by atoms with Crippen LogP contribution < -0.4 is 19.7 Å². The SMILES string of the molecule is COc1ccccc1OCCC(=O)Nc1ccc(N2CCC(C)CC2)cc1. The van der Waals surface area contributed by atoms with Crippen molar-refractivity contribution in [3.8, 4) is 11.5 Å². The molecule has 2 aromatic carbocycles. The van der Waals surface area contributed by atoms with Gasteiger partial charge in [-0.25, -0.2) is 0 Å². The molecule has 1 aliphatic rings. The first-order chi connectivity index (χ1) is 13.2. The zero-order valence-electron chi connectivity index (χ0n) is 16.1. The number of nitrogens with one attached hydrogen (secondary N) is 1. The minimum Gasteiger partial charge on any atom is -0.493 e. The summed E-state index contributed by atoms with van der Waals surface area (Å²) in [5.41, 5.74) is 2.03. The maximum atomic E-state index is 12.1. The summed E-state index contributed by atoms with van der Waals surface area (Å²) in [6, 6.07) is 15.5. The molecule has 5 nitrogen and oxygen atoms in total. The van der Waals surface area contributed by atoms with E-state index in [9.17, 15) is 4.79 Å². The van der Waals surface area contributed by atoms with Crippen molar-refractivity contribution >= 4 is 17.3 Å². The van der Waals surface area contributed by atoms with E-state index in [1.807, 2.05) is 36.4 Å². The van der Waals surface area contributed by atoms with Crippen LogP contribution in [0.5, 0.6) is 11.5 Å². The van der Waals surface area contributed by atoms with E-state index < -0.39 is 0 Å². The second-order valence-electron chi connectivity index (χ2n) is 7.01. The minimum absolute atomic E-state index is 0.0653. The number of piperidine rings is 1. The van der Waals surface area contributed by atoms with Crippen LogP contribution in [0.4, 0.5) is 11.4 Å². The van der Waals surface area contributed by atoms with Crippen LogP contribution in [0.2, 0.25) is 0 Å². The lowest BCUT2D eigenvalue weighted by atomic mass is 9.99. The van der Waals surface area contributed by atoms with Gasteiger partial charge in [0.25, 0.3) is 0 Å². The van der Waals surface area contributed by atoms with E-state index in [4.69, 9.17) is 9.47 Å². The van der Waals surface area contributed by atoms with Crippen LogP contribution in [0.1, 0.15) is 26.2 Å². The number of carbonyl (C=O) groups is 1. The van der Waals surface area contributed by atoms with Crippen molar-refractivity contribution in [3.63, 3.8) is 0 Å². The Morgan fingerprint density at radius 3 is 2.41 bits per heavy atom. The van der Waals surface area contributed by atoms with E-state index in [2.05, 4.69) is 29.3 Å². The number of methoxy groups -OCH3 is 1. The van der Waals surface area contributed by atoms with Crippen molar-refractivity contribution in [2.75, 3.05) is 37.0 Å². The Balaban J connectivity index is 1.45. The molecule has 1 N–H and O–H groups in total. The van der Waals surface area contributed by atoms with Crippen LogP contribution in [0, 0.1) is 5.92 Å². The predicted molar refractivity (Wildman–Crippen MR) is 109 cm³/mol. The molecule has 0 spiro atoms. The highest BCUT2D eigenvalue weighted by atomic mass is 16.5. The number of para-hydroxylation sites is 2. The van der Waals surface area contributed by atoms with Gasteiger partial charge in [0.1, 0.15) is 0 Å². The van der Waals surface area contributed by atoms with E-state index in [0.29, 0.717) is 18.1 Å². The summed E-state index contributed by atoms with van der Waals surface area (Å²) in [6.45, 7) is 4.82. The minimum atomic E-state index is -0.0653. The van der Waals surface area contributed by atoms with Crippen molar-refractivity contribution in [1.29, 1.82) is 0 Å². The average molecular weight is 368 g/mol. The monoisotopic (exact) mass is 368 g/mol. The molecule has 1 amide bonds. The Hall–Kier alpha value is -2.69. The zero-order valence-corrected chi connectivity index (χ0v) is 16.1. The molecule has 144 valence electrons. The standard InChI is InChI=1S/C22H28N2O3/c1-17-11-14-24(15-12-17)19-9-7-18(8-10-19)23-22(25)13-16-27-21-6-4-3-5-20(21)26-2/h3-10,17H,11-16H2,1-2H3,(H,23,25). The first-order valence-electron chi connectivity index (χ1n) is 9.56. The maximum Gasteiger partial charge on any atom is 0.227 e. The first kappa shape index (κ1) is 19.1. The molecule has 0 saturated carbocycles. The second-order valence-corrected chi connectivity index (χ2v) is 7.01. The fourth-order valence-electron chi connectivity index (χ4n) is 3.24. The molecule has 0 aromatic heterocycles. The number of hydrogen-bond acceptors (Lipinski definition) is 4. The highest BCUT2D eigenvalue weighted by molar-refractivity contribution is 5.91. The lowest BCUT2D eigenvalue weighted by Gasteiger charge is -2.32. The molecule has 0 aliphatic carbocycles. The molecule has 3 rings (SSSR count). The lowest BCUT2D eigenvalue weighted by Crippen LogP contribution is -2.32. The summed E-state index contributed by atoms with van der Waals surface area (Å²) in [7, 11) is 1.60. The largest absolute Gasteiger partial charge is 0.493 e. The van der Waals surface area contributed by atoms with Gasteiger partial charge in [-0.3, -0.25) is 4.79 Å².